The standard InChI is InChI=1S/C20H22N2O3S/c1-3-14-5-9-19-15(11-14)6-7-17(4-2)22(19)26(24,25)18-8-10-20(23)16(12-18)13-21/h5,8-12,17,23H,3-4,6-7H2,1-2H3. The number of hydrogen-bond acceptors (Lipinski definition) is 4. The molecule has 1 N–H and O–H groups in total. The van der Waals surface area contributed by atoms with Gasteiger partial charge in [0.25, 0.3) is 10.0 Å². The van der Waals surface area contributed by atoms with E-state index >= 15 is 0 Å². The van der Waals surface area contributed by atoms with Gasteiger partial charge >= 0.3 is 0 Å². The van der Waals surface area contributed by atoms with Crippen LogP contribution in [0.1, 0.15) is 43.4 Å². The number of hydrogen-bond donors (Lipinski definition) is 1. The molecule has 2 aromatic rings. The van der Waals surface area contributed by atoms with Crippen LogP contribution in [-0.2, 0) is 22.9 Å². The highest BCUT2D eigenvalue weighted by Gasteiger charge is 2.35. The zero-order chi connectivity index (χ0) is 18.9. The Morgan fingerprint density at radius 2 is 2.00 bits per heavy atom. The van der Waals surface area contributed by atoms with Crippen molar-refractivity contribution in [3.05, 3.63) is 53.1 Å². The highest BCUT2D eigenvalue weighted by atomic mass is 32.2. The molecule has 0 aromatic heterocycles. The average Bonchev–Trinajstić information content (AvgIpc) is 2.66. The number of nitrogens with zero attached hydrogens (tertiary/aromatic N) is 2. The molecule has 0 saturated heterocycles. The smallest absolute Gasteiger partial charge is 0.264 e. The van der Waals surface area contributed by atoms with Gasteiger partial charge < -0.3 is 5.11 Å². The molecule has 2 aromatic carbocycles. The molecular weight excluding hydrogens is 348 g/mol. The lowest BCUT2D eigenvalue weighted by atomic mass is 9.94. The van der Waals surface area contributed by atoms with Gasteiger partial charge in [0.2, 0.25) is 0 Å². The SMILES string of the molecule is CCc1ccc2c(c1)CCC(CC)N2S(=O)(=O)c1ccc(O)c(C#N)c1. The summed E-state index contributed by atoms with van der Waals surface area (Å²) in [7, 11) is -3.83. The lowest BCUT2D eigenvalue weighted by Gasteiger charge is -2.37. The third kappa shape index (κ3) is 3.04. The maximum absolute atomic E-state index is 13.4. The first-order valence-corrected chi connectivity index (χ1v) is 10.3. The first kappa shape index (κ1) is 18.3. The average molecular weight is 370 g/mol. The molecule has 0 amide bonds. The Balaban J connectivity index is 2.15. The van der Waals surface area contributed by atoms with E-state index in [1.54, 1.807) is 0 Å². The van der Waals surface area contributed by atoms with Crippen molar-refractivity contribution in [3.63, 3.8) is 0 Å². The Labute approximate surface area is 154 Å². The van der Waals surface area contributed by atoms with Gasteiger partial charge in [-0.15, -0.1) is 0 Å². The number of aromatic hydroxyl groups is 1. The monoisotopic (exact) mass is 370 g/mol. The fourth-order valence-electron chi connectivity index (χ4n) is 3.48. The Bertz CT molecular complexity index is 977. The molecule has 5 nitrogen and oxygen atoms in total. The molecule has 0 bridgehead atoms. The number of aryl methyl sites for hydroxylation is 2. The number of fused-ring (bicyclic) bond motifs is 1. The van der Waals surface area contributed by atoms with E-state index in [0.29, 0.717) is 12.1 Å². The fourth-order valence-corrected chi connectivity index (χ4v) is 5.30. The van der Waals surface area contributed by atoms with Gasteiger partial charge in [-0.05, 0) is 61.1 Å². The Kier molecular flexibility index (Phi) is 4.92. The van der Waals surface area contributed by atoms with E-state index in [0.717, 1.165) is 24.8 Å². The number of benzene rings is 2. The number of phenolic OH excluding ortho intramolecular Hbond substituents is 1. The van der Waals surface area contributed by atoms with Crippen molar-refractivity contribution in [1.29, 1.82) is 5.26 Å². The van der Waals surface area contributed by atoms with Crippen LogP contribution in [0.3, 0.4) is 0 Å². The second kappa shape index (κ2) is 7.00. The molecular formula is C20H22N2O3S. The molecule has 26 heavy (non-hydrogen) atoms. The van der Waals surface area contributed by atoms with Crippen LogP contribution < -0.4 is 4.31 Å². The molecule has 0 aliphatic carbocycles. The third-order valence-corrected chi connectivity index (χ3v) is 6.85. The van der Waals surface area contributed by atoms with Crippen molar-refractivity contribution in [2.75, 3.05) is 4.31 Å². The zero-order valence-electron chi connectivity index (χ0n) is 14.9. The molecule has 136 valence electrons. The molecule has 0 spiro atoms. The minimum atomic E-state index is -3.83. The minimum Gasteiger partial charge on any atom is -0.507 e. The summed E-state index contributed by atoms with van der Waals surface area (Å²) < 4.78 is 28.3. The van der Waals surface area contributed by atoms with E-state index in [1.165, 1.54) is 28.1 Å². The second-order valence-corrected chi connectivity index (χ2v) is 8.32. The van der Waals surface area contributed by atoms with Crippen molar-refractivity contribution in [1.82, 2.24) is 0 Å². The van der Waals surface area contributed by atoms with Crippen LogP contribution in [0.2, 0.25) is 0 Å². The molecule has 6 heteroatoms. The Hall–Kier alpha value is -2.52. The molecule has 1 aliphatic heterocycles. The van der Waals surface area contributed by atoms with Crippen molar-refractivity contribution in [3.8, 4) is 11.8 Å². The van der Waals surface area contributed by atoms with Crippen LogP contribution in [0, 0.1) is 11.3 Å². The largest absolute Gasteiger partial charge is 0.507 e. The first-order chi connectivity index (χ1) is 12.4. The maximum Gasteiger partial charge on any atom is 0.264 e. The van der Waals surface area contributed by atoms with Crippen LogP contribution in [-0.4, -0.2) is 19.6 Å². The van der Waals surface area contributed by atoms with Gasteiger partial charge in [-0.25, -0.2) is 8.42 Å². The van der Waals surface area contributed by atoms with E-state index in [1.807, 2.05) is 25.1 Å². The van der Waals surface area contributed by atoms with Gasteiger partial charge in [-0.3, -0.25) is 4.31 Å². The number of rotatable bonds is 4. The topological polar surface area (TPSA) is 81.4 Å². The minimum absolute atomic E-state index is 0.0257. The van der Waals surface area contributed by atoms with Crippen LogP contribution in [0.5, 0.6) is 5.75 Å². The molecule has 3 rings (SSSR count). The van der Waals surface area contributed by atoms with Crippen molar-refractivity contribution < 1.29 is 13.5 Å². The normalized spacial score (nSPS) is 16.8. The van der Waals surface area contributed by atoms with Gasteiger partial charge in [0.15, 0.2) is 0 Å². The summed E-state index contributed by atoms with van der Waals surface area (Å²) in [5.74, 6) is -0.217. The molecule has 0 radical (unpaired) electrons. The Morgan fingerprint density at radius 3 is 2.65 bits per heavy atom. The van der Waals surface area contributed by atoms with Gasteiger partial charge in [0.1, 0.15) is 11.8 Å². The number of sulfonamides is 1. The van der Waals surface area contributed by atoms with E-state index in [9.17, 15) is 13.5 Å². The lowest BCUT2D eigenvalue weighted by Crippen LogP contribution is -2.43. The van der Waals surface area contributed by atoms with Gasteiger partial charge in [-0.2, -0.15) is 5.26 Å². The molecule has 1 atom stereocenters. The predicted octanol–water partition coefficient (Wildman–Crippen LogP) is 3.75. The fraction of sp³-hybridized carbons (Fsp3) is 0.350. The molecule has 1 unspecified atom stereocenters. The van der Waals surface area contributed by atoms with Gasteiger partial charge in [0, 0.05) is 6.04 Å². The number of nitriles is 1. The molecule has 1 heterocycles. The summed E-state index contributed by atoms with van der Waals surface area (Å²) in [6, 6.07) is 11.5. The molecule has 0 saturated carbocycles. The van der Waals surface area contributed by atoms with E-state index in [4.69, 9.17) is 5.26 Å². The highest BCUT2D eigenvalue weighted by Crippen LogP contribution is 2.37. The maximum atomic E-state index is 13.4. The second-order valence-electron chi connectivity index (χ2n) is 6.51. The highest BCUT2D eigenvalue weighted by molar-refractivity contribution is 7.92. The van der Waals surface area contributed by atoms with Gasteiger partial charge in [-0.1, -0.05) is 26.0 Å². The summed E-state index contributed by atoms with van der Waals surface area (Å²) in [4.78, 5) is 0.0257. The van der Waals surface area contributed by atoms with Crippen molar-refractivity contribution in [2.45, 2.75) is 50.5 Å². The van der Waals surface area contributed by atoms with E-state index in [-0.39, 0.29) is 22.3 Å². The van der Waals surface area contributed by atoms with Crippen molar-refractivity contribution in [2.24, 2.45) is 0 Å². The van der Waals surface area contributed by atoms with E-state index < -0.39 is 10.0 Å². The third-order valence-electron chi connectivity index (χ3n) is 4.98. The first-order valence-electron chi connectivity index (χ1n) is 8.81. The molecule has 0 fully saturated rings. The van der Waals surface area contributed by atoms with Gasteiger partial charge in [0.05, 0.1) is 16.1 Å². The number of anilines is 1. The number of phenols is 1. The van der Waals surface area contributed by atoms with Crippen LogP contribution in [0.15, 0.2) is 41.3 Å². The Morgan fingerprint density at radius 1 is 1.23 bits per heavy atom. The summed E-state index contributed by atoms with van der Waals surface area (Å²) in [6.45, 7) is 4.06. The van der Waals surface area contributed by atoms with Crippen LogP contribution >= 0.6 is 0 Å². The zero-order valence-corrected chi connectivity index (χ0v) is 15.8. The summed E-state index contributed by atoms with van der Waals surface area (Å²) in [6.07, 6.45) is 3.23. The van der Waals surface area contributed by atoms with Crippen LogP contribution in [0.4, 0.5) is 5.69 Å². The van der Waals surface area contributed by atoms with Crippen LogP contribution in [0.25, 0.3) is 0 Å². The van der Waals surface area contributed by atoms with Crippen molar-refractivity contribution >= 4 is 15.7 Å². The molecule has 1 aliphatic rings. The summed E-state index contributed by atoms with van der Waals surface area (Å²) >= 11 is 0. The van der Waals surface area contributed by atoms with E-state index in [2.05, 4.69) is 13.0 Å². The summed E-state index contributed by atoms with van der Waals surface area (Å²) in [5, 5.41) is 18.8. The summed E-state index contributed by atoms with van der Waals surface area (Å²) in [5.41, 5.74) is 2.90. The quantitative estimate of drug-likeness (QED) is 0.889. The lowest BCUT2D eigenvalue weighted by molar-refractivity contribution is 0.473. The predicted molar refractivity (Wildman–Crippen MR) is 101 cm³/mol.